The molecule has 4 aromatic rings. The second-order valence-electron chi connectivity index (χ2n) is 7.14. The van der Waals surface area contributed by atoms with Gasteiger partial charge in [0.25, 0.3) is 5.56 Å². The molecule has 0 bridgehead atoms. The van der Waals surface area contributed by atoms with Gasteiger partial charge in [-0.3, -0.25) is 14.6 Å². The molecule has 4 rings (SSSR count). The van der Waals surface area contributed by atoms with Gasteiger partial charge in [-0.15, -0.1) is 0 Å². The van der Waals surface area contributed by atoms with E-state index in [-0.39, 0.29) is 17.3 Å². The summed E-state index contributed by atoms with van der Waals surface area (Å²) >= 11 is 0. The van der Waals surface area contributed by atoms with Gasteiger partial charge in [-0.05, 0) is 35.9 Å². The molecule has 0 N–H and O–H groups in total. The Balaban J connectivity index is 1.77. The maximum absolute atomic E-state index is 13.0. The van der Waals surface area contributed by atoms with Crippen molar-refractivity contribution in [2.24, 2.45) is 0 Å². The van der Waals surface area contributed by atoms with E-state index in [9.17, 15) is 9.59 Å². The third-order valence-electron chi connectivity index (χ3n) is 5.37. The molecule has 0 aliphatic rings. The summed E-state index contributed by atoms with van der Waals surface area (Å²) < 4.78 is 1.71. The van der Waals surface area contributed by atoms with Crippen molar-refractivity contribution in [1.29, 1.82) is 0 Å². The molecule has 0 amide bonds. The Kier molecular flexibility index (Phi) is 4.78. The molecule has 0 spiro atoms. The third kappa shape index (κ3) is 3.11. The SMILES string of the molecule is CCn1c(=O)c2cc(C(=O)C[C@H](C)c3ccccc3)ccc2c2ccncc21. The molecule has 0 fully saturated rings. The zero-order chi connectivity index (χ0) is 19.7. The van der Waals surface area contributed by atoms with Crippen LogP contribution in [0.15, 0.2) is 71.8 Å². The Labute approximate surface area is 163 Å². The normalized spacial score (nSPS) is 12.4. The van der Waals surface area contributed by atoms with Crippen LogP contribution in [0.2, 0.25) is 0 Å². The lowest BCUT2D eigenvalue weighted by Crippen LogP contribution is -2.20. The standard InChI is InChI=1S/C24H22N2O2/c1-3-26-22-15-25-12-11-20(22)19-10-9-18(14-21(19)24(26)28)23(27)13-16(2)17-7-5-4-6-8-17/h4-12,14-16H,3,13H2,1-2H3/t16-/m0/s1. The third-order valence-corrected chi connectivity index (χ3v) is 5.37. The quantitative estimate of drug-likeness (QED) is 0.369. The predicted molar refractivity (Wildman–Crippen MR) is 113 cm³/mol. The highest BCUT2D eigenvalue weighted by Gasteiger charge is 2.16. The molecule has 2 heterocycles. The lowest BCUT2D eigenvalue weighted by Gasteiger charge is -2.13. The number of aromatic nitrogens is 2. The summed E-state index contributed by atoms with van der Waals surface area (Å²) in [4.78, 5) is 30.1. The monoisotopic (exact) mass is 370 g/mol. The van der Waals surface area contributed by atoms with Gasteiger partial charge in [0.05, 0.1) is 11.7 Å². The van der Waals surface area contributed by atoms with Crippen molar-refractivity contribution in [3.63, 3.8) is 0 Å². The Bertz CT molecular complexity index is 1230. The number of carbonyl (C=O) groups is 1. The van der Waals surface area contributed by atoms with Gasteiger partial charge < -0.3 is 4.57 Å². The van der Waals surface area contributed by atoms with Crippen LogP contribution in [0.25, 0.3) is 21.7 Å². The Hall–Kier alpha value is -3.27. The Morgan fingerprint density at radius 1 is 1.04 bits per heavy atom. The van der Waals surface area contributed by atoms with Crippen LogP contribution in [0, 0.1) is 0 Å². The summed E-state index contributed by atoms with van der Waals surface area (Å²) in [7, 11) is 0. The lowest BCUT2D eigenvalue weighted by atomic mass is 9.92. The minimum atomic E-state index is -0.0799. The number of fused-ring (bicyclic) bond motifs is 3. The topological polar surface area (TPSA) is 52.0 Å². The van der Waals surface area contributed by atoms with Gasteiger partial charge in [0.15, 0.2) is 5.78 Å². The molecule has 0 radical (unpaired) electrons. The number of nitrogens with zero attached hydrogens (tertiary/aromatic N) is 2. The molecule has 0 unspecified atom stereocenters. The molecule has 140 valence electrons. The van der Waals surface area contributed by atoms with E-state index < -0.39 is 0 Å². The molecule has 2 aromatic carbocycles. The highest BCUT2D eigenvalue weighted by atomic mass is 16.1. The van der Waals surface area contributed by atoms with Crippen molar-refractivity contribution in [2.75, 3.05) is 0 Å². The second-order valence-corrected chi connectivity index (χ2v) is 7.14. The van der Waals surface area contributed by atoms with Gasteiger partial charge in [-0.25, -0.2) is 0 Å². The van der Waals surface area contributed by atoms with Gasteiger partial charge in [0, 0.05) is 35.5 Å². The minimum Gasteiger partial charge on any atom is -0.306 e. The van der Waals surface area contributed by atoms with Crippen LogP contribution in [0.1, 0.15) is 42.1 Å². The van der Waals surface area contributed by atoms with E-state index in [4.69, 9.17) is 0 Å². The molecular weight excluding hydrogens is 348 g/mol. The average Bonchev–Trinajstić information content (AvgIpc) is 2.74. The number of pyridine rings is 2. The van der Waals surface area contributed by atoms with E-state index in [1.165, 1.54) is 0 Å². The fourth-order valence-corrected chi connectivity index (χ4v) is 3.82. The van der Waals surface area contributed by atoms with Crippen LogP contribution in [-0.2, 0) is 6.54 Å². The molecule has 0 saturated carbocycles. The van der Waals surface area contributed by atoms with Crippen molar-refractivity contribution >= 4 is 27.5 Å². The van der Waals surface area contributed by atoms with Crippen molar-refractivity contribution in [3.05, 3.63) is 88.5 Å². The smallest absolute Gasteiger partial charge is 0.258 e. The molecule has 0 aliphatic heterocycles. The van der Waals surface area contributed by atoms with Gasteiger partial charge in [0.1, 0.15) is 0 Å². The molecular formula is C24H22N2O2. The number of rotatable bonds is 5. The minimum absolute atomic E-state index is 0.0514. The van der Waals surface area contributed by atoms with Crippen molar-refractivity contribution in [2.45, 2.75) is 32.7 Å². The second kappa shape index (κ2) is 7.39. The predicted octanol–water partition coefficient (Wildman–Crippen LogP) is 4.95. The van der Waals surface area contributed by atoms with Gasteiger partial charge in [-0.1, -0.05) is 49.4 Å². The number of benzene rings is 2. The van der Waals surface area contributed by atoms with Crippen molar-refractivity contribution in [3.8, 4) is 0 Å². The Morgan fingerprint density at radius 3 is 2.57 bits per heavy atom. The first kappa shape index (κ1) is 18.1. The van der Waals surface area contributed by atoms with Gasteiger partial charge in [0.2, 0.25) is 0 Å². The van der Waals surface area contributed by atoms with Crippen molar-refractivity contribution < 1.29 is 4.79 Å². The van der Waals surface area contributed by atoms with Gasteiger partial charge >= 0.3 is 0 Å². The largest absolute Gasteiger partial charge is 0.306 e. The van der Waals surface area contributed by atoms with E-state index in [1.807, 2.05) is 55.5 Å². The number of Topliss-reactive ketones (excluding diaryl/α,β-unsaturated/α-hetero) is 1. The van der Waals surface area contributed by atoms with Crippen LogP contribution in [0.4, 0.5) is 0 Å². The summed E-state index contributed by atoms with van der Waals surface area (Å²) in [6.07, 6.45) is 3.86. The zero-order valence-electron chi connectivity index (χ0n) is 16.1. The Morgan fingerprint density at radius 2 is 1.82 bits per heavy atom. The number of aryl methyl sites for hydroxylation is 1. The molecule has 4 nitrogen and oxygen atoms in total. The summed E-state index contributed by atoms with van der Waals surface area (Å²) in [5.74, 6) is 0.176. The molecule has 4 heteroatoms. The summed E-state index contributed by atoms with van der Waals surface area (Å²) in [5.41, 5.74) is 2.47. The van der Waals surface area contributed by atoms with Crippen molar-refractivity contribution in [1.82, 2.24) is 9.55 Å². The van der Waals surface area contributed by atoms with Gasteiger partial charge in [-0.2, -0.15) is 0 Å². The van der Waals surface area contributed by atoms with Crippen LogP contribution in [-0.4, -0.2) is 15.3 Å². The molecule has 1 atom stereocenters. The van der Waals surface area contributed by atoms with E-state index in [2.05, 4.69) is 11.9 Å². The number of hydrogen-bond donors (Lipinski definition) is 0. The molecule has 28 heavy (non-hydrogen) atoms. The van der Waals surface area contributed by atoms with Crippen LogP contribution >= 0.6 is 0 Å². The van der Waals surface area contributed by atoms with Crippen LogP contribution in [0.5, 0.6) is 0 Å². The summed E-state index contributed by atoms with van der Waals surface area (Å²) in [5, 5.41) is 2.42. The maximum Gasteiger partial charge on any atom is 0.258 e. The lowest BCUT2D eigenvalue weighted by molar-refractivity contribution is 0.0976. The first-order valence-electron chi connectivity index (χ1n) is 9.58. The van der Waals surface area contributed by atoms with Crippen LogP contribution in [0.3, 0.4) is 0 Å². The fraction of sp³-hybridized carbons (Fsp3) is 0.208. The first-order chi connectivity index (χ1) is 13.6. The highest BCUT2D eigenvalue weighted by molar-refractivity contribution is 6.08. The number of ketones is 1. The first-order valence-corrected chi connectivity index (χ1v) is 9.58. The van der Waals surface area contributed by atoms with E-state index in [0.29, 0.717) is 23.9 Å². The zero-order valence-corrected chi connectivity index (χ0v) is 16.1. The molecule has 2 aromatic heterocycles. The van der Waals surface area contributed by atoms with E-state index in [1.54, 1.807) is 23.0 Å². The van der Waals surface area contributed by atoms with E-state index in [0.717, 1.165) is 21.9 Å². The highest BCUT2D eigenvalue weighted by Crippen LogP contribution is 2.25. The van der Waals surface area contributed by atoms with Crippen LogP contribution < -0.4 is 5.56 Å². The molecule has 0 aliphatic carbocycles. The maximum atomic E-state index is 13.0. The summed E-state index contributed by atoms with van der Waals surface area (Å²) in [6.45, 7) is 4.55. The fourth-order valence-electron chi connectivity index (χ4n) is 3.82. The number of carbonyl (C=O) groups excluding carboxylic acids is 1. The number of hydrogen-bond acceptors (Lipinski definition) is 3. The average molecular weight is 370 g/mol. The molecule has 0 saturated heterocycles. The summed E-state index contributed by atoms with van der Waals surface area (Å²) in [6, 6.07) is 17.4. The van der Waals surface area contributed by atoms with E-state index >= 15 is 0 Å².